The number of Topliss-reactive ketones (excluding diaryl/α,β-unsaturated/α-hetero) is 1. The van der Waals surface area contributed by atoms with Crippen LogP contribution in [0.3, 0.4) is 0 Å². The zero-order valence-electron chi connectivity index (χ0n) is 10.4. The SMILES string of the molecule is C=CC(=O)OC(C)(C)CCOC(C)C(C)=O. The molecular weight excluding hydrogens is 208 g/mol. The molecule has 0 saturated carbocycles. The van der Waals surface area contributed by atoms with Crippen molar-refractivity contribution in [1.29, 1.82) is 0 Å². The predicted octanol–water partition coefficient (Wildman–Crippen LogP) is 1.88. The predicted molar refractivity (Wildman–Crippen MR) is 61.1 cm³/mol. The lowest BCUT2D eigenvalue weighted by Crippen LogP contribution is -2.30. The summed E-state index contributed by atoms with van der Waals surface area (Å²) in [5, 5.41) is 0. The van der Waals surface area contributed by atoms with E-state index in [0.717, 1.165) is 6.08 Å². The minimum Gasteiger partial charge on any atom is -0.456 e. The molecule has 16 heavy (non-hydrogen) atoms. The van der Waals surface area contributed by atoms with Crippen LogP contribution in [0.25, 0.3) is 0 Å². The highest BCUT2D eigenvalue weighted by Gasteiger charge is 2.22. The van der Waals surface area contributed by atoms with Crippen molar-refractivity contribution in [3.05, 3.63) is 12.7 Å². The van der Waals surface area contributed by atoms with Gasteiger partial charge in [-0.3, -0.25) is 4.79 Å². The molecule has 1 unspecified atom stereocenters. The fourth-order valence-corrected chi connectivity index (χ4v) is 0.964. The van der Waals surface area contributed by atoms with Crippen molar-refractivity contribution >= 4 is 11.8 Å². The summed E-state index contributed by atoms with van der Waals surface area (Å²) in [5.41, 5.74) is -0.609. The normalized spacial score (nSPS) is 13.0. The van der Waals surface area contributed by atoms with Crippen LogP contribution in [0.2, 0.25) is 0 Å². The largest absolute Gasteiger partial charge is 0.456 e. The summed E-state index contributed by atoms with van der Waals surface area (Å²) in [4.78, 5) is 21.9. The molecule has 0 rings (SSSR count). The standard InChI is InChI=1S/C12H20O4/c1-6-11(14)16-12(4,5)7-8-15-10(3)9(2)13/h6,10H,1,7-8H2,2-5H3. The molecule has 4 heteroatoms. The Morgan fingerprint density at radius 2 is 2.00 bits per heavy atom. The molecule has 0 aliphatic rings. The molecule has 0 aliphatic heterocycles. The lowest BCUT2D eigenvalue weighted by Gasteiger charge is -2.24. The maximum atomic E-state index is 11.0. The Morgan fingerprint density at radius 3 is 2.44 bits per heavy atom. The van der Waals surface area contributed by atoms with Gasteiger partial charge in [0, 0.05) is 12.5 Å². The van der Waals surface area contributed by atoms with Gasteiger partial charge in [-0.05, 0) is 27.7 Å². The van der Waals surface area contributed by atoms with E-state index in [9.17, 15) is 9.59 Å². The Bertz CT molecular complexity index is 268. The van der Waals surface area contributed by atoms with Crippen LogP contribution in [0.15, 0.2) is 12.7 Å². The molecule has 92 valence electrons. The number of hydrogen-bond donors (Lipinski definition) is 0. The summed E-state index contributed by atoms with van der Waals surface area (Å²) in [6.07, 6.45) is 1.25. The van der Waals surface area contributed by atoms with E-state index in [1.165, 1.54) is 6.92 Å². The first kappa shape index (κ1) is 14.8. The van der Waals surface area contributed by atoms with Crippen molar-refractivity contribution in [2.45, 2.75) is 45.8 Å². The van der Waals surface area contributed by atoms with Gasteiger partial charge in [-0.2, -0.15) is 0 Å². The Hall–Kier alpha value is -1.16. The Balaban J connectivity index is 3.95. The van der Waals surface area contributed by atoms with Crippen LogP contribution in [0.1, 0.15) is 34.1 Å². The Kier molecular flexibility index (Phi) is 5.96. The molecule has 0 radical (unpaired) electrons. The van der Waals surface area contributed by atoms with E-state index >= 15 is 0 Å². The fraction of sp³-hybridized carbons (Fsp3) is 0.667. The lowest BCUT2D eigenvalue weighted by atomic mass is 10.1. The topological polar surface area (TPSA) is 52.6 Å². The second-order valence-electron chi connectivity index (χ2n) is 4.26. The first-order chi connectivity index (χ1) is 7.28. The van der Waals surface area contributed by atoms with E-state index in [0.29, 0.717) is 13.0 Å². The maximum Gasteiger partial charge on any atom is 0.330 e. The summed E-state index contributed by atoms with van der Waals surface area (Å²) in [7, 11) is 0. The van der Waals surface area contributed by atoms with Crippen LogP contribution >= 0.6 is 0 Å². The van der Waals surface area contributed by atoms with Crippen molar-refractivity contribution < 1.29 is 19.1 Å². The third-order valence-corrected chi connectivity index (χ3v) is 2.19. The van der Waals surface area contributed by atoms with Gasteiger partial charge in [0.2, 0.25) is 0 Å². The highest BCUT2D eigenvalue weighted by molar-refractivity contribution is 5.81. The quantitative estimate of drug-likeness (QED) is 0.493. The molecule has 4 nitrogen and oxygen atoms in total. The number of ether oxygens (including phenoxy) is 2. The van der Waals surface area contributed by atoms with Gasteiger partial charge in [-0.1, -0.05) is 6.58 Å². The summed E-state index contributed by atoms with van der Waals surface area (Å²) < 4.78 is 10.4. The molecule has 0 aromatic carbocycles. The number of carbonyl (C=O) groups is 2. The molecule has 0 saturated heterocycles. The van der Waals surface area contributed by atoms with Gasteiger partial charge < -0.3 is 9.47 Å². The zero-order valence-corrected chi connectivity index (χ0v) is 10.4. The molecule has 0 amide bonds. The number of hydrogen-bond acceptors (Lipinski definition) is 4. The summed E-state index contributed by atoms with van der Waals surface area (Å²) >= 11 is 0. The average Bonchev–Trinajstić information content (AvgIpc) is 2.16. The highest BCUT2D eigenvalue weighted by Crippen LogP contribution is 2.15. The van der Waals surface area contributed by atoms with Crippen LogP contribution in [-0.4, -0.2) is 30.1 Å². The van der Waals surface area contributed by atoms with Gasteiger partial charge in [-0.25, -0.2) is 4.79 Å². The van der Waals surface area contributed by atoms with E-state index in [1.54, 1.807) is 20.8 Å². The molecule has 0 spiro atoms. The monoisotopic (exact) mass is 228 g/mol. The third kappa shape index (κ3) is 6.35. The van der Waals surface area contributed by atoms with E-state index in [4.69, 9.17) is 9.47 Å². The first-order valence-corrected chi connectivity index (χ1v) is 5.26. The Morgan fingerprint density at radius 1 is 1.44 bits per heavy atom. The molecule has 0 heterocycles. The van der Waals surface area contributed by atoms with Crippen LogP contribution in [-0.2, 0) is 19.1 Å². The van der Waals surface area contributed by atoms with Crippen molar-refractivity contribution in [1.82, 2.24) is 0 Å². The fourth-order valence-electron chi connectivity index (χ4n) is 0.964. The van der Waals surface area contributed by atoms with Crippen LogP contribution in [0, 0.1) is 0 Å². The first-order valence-electron chi connectivity index (χ1n) is 5.26. The minimum atomic E-state index is -0.609. The molecule has 0 bridgehead atoms. The van der Waals surface area contributed by atoms with Crippen LogP contribution in [0.5, 0.6) is 0 Å². The van der Waals surface area contributed by atoms with E-state index in [2.05, 4.69) is 6.58 Å². The molecule has 0 N–H and O–H groups in total. The third-order valence-electron chi connectivity index (χ3n) is 2.19. The zero-order chi connectivity index (χ0) is 12.8. The average molecular weight is 228 g/mol. The van der Waals surface area contributed by atoms with Crippen molar-refractivity contribution in [3.8, 4) is 0 Å². The van der Waals surface area contributed by atoms with Gasteiger partial charge in [0.1, 0.15) is 11.7 Å². The van der Waals surface area contributed by atoms with Crippen LogP contribution < -0.4 is 0 Å². The smallest absolute Gasteiger partial charge is 0.330 e. The molecule has 0 aromatic heterocycles. The van der Waals surface area contributed by atoms with Crippen molar-refractivity contribution in [2.75, 3.05) is 6.61 Å². The summed E-state index contributed by atoms with van der Waals surface area (Å²) in [6, 6.07) is 0. The van der Waals surface area contributed by atoms with Gasteiger partial charge in [0.25, 0.3) is 0 Å². The molecule has 0 aliphatic carbocycles. The van der Waals surface area contributed by atoms with E-state index in [1.807, 2.05) is 0 Å². The van der Waals surface area contributed by atoms with Gasteiger partial charge in [0.05, 0.1) is 6.61 Å². The second-order valence-corrected chi connectivity index (χ2v) is 4.26. The second kappa shape index (κ2) is 6.43. The van der Waals surface area contributed by atoms with Crippen molar-refractivity contribution in [3.63, 3.8) is 0 Å². The molecule has 1 atom stereocenters. The molecular formula is C12H20O4. The van der Waals surface area contributed by atoms with E-state index < -0.39 is 17.7 Å². The van der Waals surface area contributed by atoms with Crippen LogP contribution in [0.4, 0.5) is 0 Å². The Labute approximate surface area is 96.6 Å². The minimum absolute atomic E-state index is 0.0131. The number of ketones is 1. The maximum absolute atomic E-state index is 11.0. The summed E-state index contributed by atoms with van der Waals surface area (Å²) in [6.45, 7) is 10.5. The van der Waals surface area contributed by atoms with Gasteiger partial charge in [-0.15, -0.1) is 0 Å². The van der Waals surface area contributed by atoms with E-state index in [-0.39, 0.29) is 5.78 Å². The molecule has 0 aromatic rings. The number of carbonyl (C=O) groups excluding carboxylic acids is 2. The number of esters is 1. The van der Waals surface area contributed by atoms with Gasteiger partial charge in [0.15, 0.2) is 5.78 Å². The summed E-state index contributed by atoms with van der Waals surface area (Å²) in [5.74, 6) is -0.467. The van der Waals surface area contributed by atoms with Crippen molar-refractivity contribution in [2.24, 2.45) is 0 Å². The molecule has 0 fully saturated rings. The highest BCUT2D eigenvalue weighted by atomic mass is 16.6. The number of rotatable bonds is 7. The lowest BCUT2D eigenvalue weighted by molar-refractivity contribution is -0.152. The van der Waals surface area contributed by atoms with Gasteiger partial charge >= 0.3 is 5.97 Å².